The van der Waals surface area contributed by atoms with E-state index in [2.05, 4.69) is 15.3 Å². The van der Waals surface area contributed by atoms with Crippen molar-refractivity contribution in [1.82, 2.24) is 19.9 Å². The van der Waals surface area contributed by atoms with Gasteiger partial charge in [-0.3, -0.25) is 14.9 Å². The van der Waals surface area contributed by atoms with Crippen LogP contribution in [0.2, 0.25) is 0 Å². The number of amides is 1. The van der Waals surface area contributed by atoms with Crippen LogP contribution in [0.15, 0.2) is 59.9 Å². The molecule has 0 saturated heterocycles. The van der Waals surface area contributed by atoms with Crippen LogP contribution < -0.4 is 14.8 Å². The third-order valence-electron chi connectivity index (χ3n) is 4.83. The molecule has 12 heteroatoms. The highest BCUT2D eigenvalue weighted by atomic mass is 32.1. The van der Waals surface area contributed by atoms with Gasteiger partial charge in [-0.2, -0.15) is 0 Å². The van der Waals surface area contributed by atoms with Gasteiger partial charge in [-0.25, -0.2) is 14.4 Å². The number of carbonyl (C=O) groups excluding carboxylic acids is 1. The van der Waals surface area contributed by atoms with Gasteiger partial charge in [0.2, 0.25) is 0 Å². The molecule has 0 atom stereocenters. The van der Waals surface area contributed by atoms with Crippen LogP contribution in [0.5, 0.6) is 11.5 Å². The van der Waals surface area contributed by atoms with Crippen molar-refractivity contribution in [3.63, 3.8) is 0 Å². The van der Waals surface area contributed by atoms with E-state index in [1.165, 1.54) is 47.7 Å². The predicted octanol–water partition coefficient (Wildman–Crippen LogP) is 3.89. The van der Waals surface area contributed by atoms with Crippen molar-refractivity contribution in [1.29, 1.82) is 0 Å². The van der Waals surface area contributed by atoms with Crippen molar-refractivity contribution >= 4 is 22.9 Å². The Bertz CT molecular complexity index is 1310. The molecule has 0 saturated carbocycles. The van der Waals surface area contributed by atoms with Crippen LogP contribution in [0, 0.1) is 15.9 Å². The number of nitro benzene ring substituents is 1. The van der Waals surface area contributed by atoms with Crippen molar-refractivity contribution in [2.75, 3.05) is 7.11 Å². The lowest BCUT2D eigenvalue weighted by Crippen LogP contribution is -2.24. The van der Waals surface area contributed by atoms with E-state index in [1.807, 2.05) is 0 Å². The smallest absolute Gasteiger partial charge is 0.286 e. The highest BCUT2D eigenvalue weighted by molar-refractivity contribution is 7.07. The number of benzene rings is 2. The number of hydrogen-bond acceptors (Lipinski definition) is 8. The number of nitro groups is 1. The minimum atomic E-state index is -0.713. The third-order valence-corrected chi connectivity index (χ3v) is 5.47. The lowest BCUT2D eigenvalue weighted by molar-refractivity contribution is -0.385. The highest BCUT2D eigenvalue weighted by Crippen LogP contribution is 2.35. The fraction of sp³-hybridized carbons (Fsp3) is 0.136. The molecule has 2 heterocycles. The first-order valence-electron chi connectivity index (χ1n) is 9.87. The summed E-state index contributed by atoms with van der Waals surface area (Å²) >= 11 is 1.39. The molecule has 1 N–H and O–H groups in total. The van der Waals surface area contributed by atoms with Gasteiger partial charge in [0.15, 0.2) is 11.5 Å². The zero-order valence-corrected chi connectivity index (χ0v) is 18.6. The van der Waals surface area contributed by atoms with Crippen molar-refractivity contribution < 1.29 is 23.6 Å². The second kappa shape index (κ2) is 10.1. The van der Waals surface area contributed by atoms with Gasteiger partial charge in [0, 0.05) is 30.4 Å². The summed E-state index contributed by atoms with van der Waals surface area (Å²) in [5, 5.41) is 16.0. The van der Waals surface area contributed by atoms with Crippen molar-refractivity contribution in [3.05, 3.63) is 92.7 Å². The zero-order chi connectivity index (χ0) is 24.1. The first-order valence-corrected chi connectivity index (χ1v) is 10.8. The maximum absolute atomic E-state index is 14.5. The van der Waals surface area contributed by atoms with Gasteiger partial charge in [-0.15, -0.1) is 11.3 Å². The number of carbonyl (C=O) groups is 1. The van der Waals surface area contributed by atoms with E-state index in [-0.39, 0.29) is 30.2 Å². The van der Waals surface area contributed by atoms with E-state index in [0.717, 1.165) is 6.07 Å². The maximum atomic E-state index is 14.5. The SMILES string of the molecule is COc1cc(C(=O)NCc2ccc(-n3ccnc3)c(F)c2)c([N+](=O)[O-])cc1OCc1cscn1. The molecule has 0 aliphatic rings. The summed E-state index contributed by atoms with van der Waals surface area (Å²) in [6, 6.07) is 6.86. The molecule has 2 aromatic heterocycles. The molecule has 0 radical (unpaired) electrons. The maximum Gasteiger partial charge on any atom is 0.286 e. The first-order chi connectivity index (χ1) is 16.5. The van der Waals surface area contributed by atoms with Gasteiger partial charge in [-0.1, -0.05) is 6.07 Å². The largest absolute Gasteiger partial charge is 0.493 e. The Balaban J connectivity index is 1.51. The summed E-state index contributed by atoms with van der Waals surface area (Å²) in [5.74, 6) is -0.952. The molecule has 4 rings (SSSR count). The number of nitrogens with one attached hydrogen (secondary N) is 1. The average Bonchev–Trinajstić information content (AvgIpc) is 3.55. The minimum Gasteiger partial charge on any atom is -0.493 e. The summed E-state index contributed by atoms with van der Waals surface area (Å²) in [7, 11) is 1.36. The number of imidazole rings is 1. The second-order valence-electron chi connectivity index (χ2n) is 6.98. The van der Waals surface area contributed by atoms with Crippen LogP contribution in [0.1, 0.15) is 21.6 Å². The van der Waals surface area contributed by atoms with Crippen molar-refractivity contribution in [2.45, 2.75) is 13.2 Å². The predicted molar refractivity (Wildman–Crippen MR) is 121 cm³/mol. The Morgan fingerprint density at radius 2 is 2.15 bits per heavy atom. The molecule has 34 heavy (non-hydrogen) atoms. The molecule has 0 aliphatic heterocycles. The van der Waals surface area contributed by atoms with Gasteiger partial charge in [0.05, 0.1) is 41.3 Å². The summed E-state index contributed by atoms with van der Waals surface area (Å²) in [4.78, 5) is 31.7. The van der Waals surface area contributed by atoms with Gasteiger partial charge >= 0.3 is 0 Å². The number of rotatable bonds is 9. The Kier molecular flexibility index (Phi) is 6.78. The lowest BCUT2D eigenvalue weighted by Gasteiger charge is -2.13. The van der Waals surface area contributed by atoms with Crippen molar-refractivity contribution in [2.24, 2.45) is 0 Å². The summed E-state index contributed by atoms with van der Waals surface area (Å²) in [5.41, 5.74) is 2.42. The normalized spacial score (nSPS) is 10.6. The molecule has 4 aromatic rings. The van der Waals surface area contributed by atoms with Crippen LogP contribution in [-0.2, 0) is 13.2 Å². The Morgan fingerprint density at radius 3 is 2.79 bits per heavy atom. The standard InChI is InChI=1S/C22H18FN5O5S/c1-32-20-7-16(19(28(30)31)8-21(20)33-10-15-11-34-13-26-15)22(29)25-9-14-2-3-18(17(23)6-14)27-5-4-24-12-27/h2-8,11-13H,9-10H2,1H3,(H,25,29). The summed E-state index contributed by atoms with van der Waals surface area (Å²) in [6.45, 7) is 0.0463. The van der Waals surface area contributed by atoms with E-state index < -0.39 is 22.3 Å². The zero-order valence-electron chi connectivity index (χ0n) is 17.8. The Labute approximate surface area is 196 Å². The van der Waals surface area contributed by atoms with Gasteiger partial charge < -0.3 is 19.4 Å². The molecule has 0 aliphatic carbocycles. The number of halogens is 1. The van der Waals surface area contributed by atoms with E-state index in [4.69, 9.17) is 9.47 Å². The van der Waals surface area contributed by atoms with E-state index in [0.29, 0.717) is 16.9 Å². The molecule has 0 fully saturated rings. The fourth-order valence-electron chi connectivity index (χ4n) is 3.16. The second-order valence-corrected chi connectivity index (χ2v) is 7.70. The van der Waals surface area contributed by atoms with E-state index in [1.54, 1.807) is 29.2 Å². The average molecular weight is 483 g/mol. The highest BCUT2D eigenvalue weighted by Gasteiger charge is 2.25. The van der Waals surface area contributed by atoms with Crippen LogP contribution in [0.25, 0.3) is 5.69 Å². The summed E-state index contributed by atoms with van der Waals surface area (Å²) < 4.78 is 26.9. The molecule has 1 amide bonds. The van der Waals surface area contributed by atoms with Gasteiger partial charge in [0.1, 0.15) is 18.0 Å². The number of nitrogens with zero attached hydrogens (tertiary/aromatic N) is 4. The number of thiazole rings is 1. The minimum absolute atomic E-state index is 0.0402. The molecule has 2 aromatic carbocycles. The summed E-state index contributed by atoms with van der Waals surface area (Å²) in [6.07, 6.45) is 4.61. The number of ether oxygens (including phenoxy) is 2. The molecule has 0 bridgehead atoms. The van der Waals surface area contributed by atoms with Crippen LogP contribution in [0.3, 0.4) is 0 Å². The molecular formula is C22H18FN5O5S. The quantitative estimate of drug-likeness (QED) is 0.283. The van der Waals surface area contributed by atoms with Crippen molar-refractivity contribution in [3.8, 4) is 17.2 Å². The number of methoxy groups -OCH3 is 1. The van der Waals surface area contributed by atoms with Crippen LogP contribution in [-0.4, -0.2) is 32.5 Å². The molecule has 0 spiro atoms. The fourth-order valence-corrected chi connectivity index (χ4v) is 3.71. The van der Waals surface area contributed by atoms with Crippen LogP contribution >= 0.6 is 11.3 Å². The molecule has 0 unspecified atom stereocenters. The lowest BCUT2D eigenvalue weighted by atomic mass is 10.1. The molecule has 10 nitrogen and oxygen atoms in total. The molecular weight excluding hydrogens is 465 g/mol. The van der Waals surface area contributed by atoms with Gasteiger partial charge in [-0.05, 0) is 17.7 Å². The third kappa shape index (κ3) is 5.02. The Morgan fingerprint density at radius 1 is 1.29 bits per heavy atom. The van der Waals surface area contributed by atoms with E-state index in [9.17, 15) is 19.3 Å². The number of hydrogen-bond donors (Lipinski definition) is 1. The Hall–Kier alpha value is -4.32. The monoisotopic (exact) mass is 483 g/mol. The topological polar surface area (TPSA) is 121 Å². The van der Waals surface area contributed by atoms with Crippen LogP contribution in [0.4, 0.5) is 10.1 Å². The molecule has 174 valence electrons. The first kappa shape index (κ1) is 22.9. The van der Waals surface area contributed by atoms with Gasteiger partial charge in [0.25, 0.3) is 11.6 Å². The van der Waals surface area contributed by atoms with E-state index >= 15 is 0 Å². The number of aromatic nitrogens is 3.